The van der Waals surface area contributed by atoms with Crippen molar-refractivity contribution < 1.29 is 4.92 Å². The van der Waals surface area contributed by atoms with Gasteiger partial charge in [-0.3, -0.25) is 10.1 Å². The zero-order chi connectivity index (χ0) is 13.9. The van der Waals surface area contributed by atoms with Gasteiger partial charge in [-0.25, -0.2) is 0 Å². The summed E-state index contributed by atoms with van der Waals surface area (Å²) in [6, 6.07) is 7.05. The molecule has 0 unspecified atom stereocenters. The minimum Gasteiger partial charge on any atom is -0.330 e. The van der Waals surface area contributed by atoms with E-state index in [2.05, 4.69) is 6.92 Å². The number of nitro benzene ring substituents is 1. The van der Waals surface area contributed by atoms with E-state index in [0.717, 1.165) is 30.7 Å². The summed E-state index contributed by atoms with van der Waals surface area (Å²) in [5.41, 5.74) is 7.10. The van der Waals surface area contributed by atoms with Gasteiger partial charge < -0.3 is 5.73 Å². The van der Waals surface area contributed by atoms with Crippen LogP contribution in [0.5, 0.6) is 0 Å². The molecule has 19 heavy (non-hydrogen) atoms. The first-order chi connectivity index (χ1) is 9.06. The summed E-state index contributed by atoms with van der Waals surface area (Å²) in [4.78, 5) is 10.8. The summed E-state index contributed by atoms with van der Waals surface area (Å²) in [5.74, 6) is 0.755. The molecule has 1 aromatic carbocycles. The molecule has 1 saturated carbocycles. The van der Waals surface area contributed by atoms with Crippen molar-refractivity contribution in [1.29, 1.82) is 0 Å². The van der Waals surface area contributed by atoms with Crippen molar-refractivity contribution in [3.05, 3.63) is 39.9 Å². The lowest BCUT2D eigenvalue weighted by atomic mass is 9.67. The van der Waals surface area contributed by atoms with E-state index in [1.54, 1.807) is 12.1 Å². The van der Waals surface area contributed by atoms with E-state index in [9.17, 15) is 10.1 Å². The van der Waals surface area contributed by atoms with Gasteiger partial charge in [-0.1, -0.05) is 38.0 Å². The van der Waals surface area contributed by atoms with Gasteiger partial charge in [0, 0.05) is 11.6 Å². The Labute approximate surface area is 114 Å². The number of nitrogens with zero attached hydrogens (tertiary/aromatic N) is 1. The van der Waals surface area contributed by atoms with Crippen molar-refractivity contribution in [3.8, 4) is 0 Å². The van der Waals surface area contributed by atoms with Crippen LogP contribution in [0.4, 0.5) is 5.69 Å². The third-order valence-electron chi connectivity index (χ3n) is 4.52. The Morgan fingerprint density at radius 2 is 2.00 bits per heavy atom. The van der Waals surface area contributed by atoms with E-state index in [-0.39, 0.29) is 16.0 Å². The predicted octanol–water partition coefficient (Wildman–Crippen LogP) is 3.29. The molecule has 2 N–H and O–H groups in total. The minimum atomic E-state index is -0.287. The highest BCUT2D eigenvalue weighted by molar-refractivity contribution is 5.40. The Hall–Kier alpha value is -1.42. The number of rotatable bonds is 4. The van der Waals surface area contributed by atoms with Crippen molar-refractivity contribution in [3.63, 3.8) is 0 Å². The summed E-state index contributed by atoms with van der Waals surface area (Å²) in [6.45, 7) is 2.89. The number of nitrogens with two attached hydrogens (primary N) is 1. The number of hydrogen-bond donors (Lipinski definition) is 1. The van der Waals surface area contributed by atoms with Crippen LogP contribution in [0.1, 0.15) is 38.2 Å². The van der Waals surface area contributed by atoms with Crippen molar-refractivity contribution in [2.24, 2.45) is 17.1 Å². The maximum absolute atomic E-state index is 11.1. The molecule has 0 amide bonds. The first kappa shape index (κ1) is 14.0. The highest BCUT2D eigenvalue weighted by Gasteiger charge is 2.34. The third kappa shape index (κ3) is 3.13. The van der Waals surface area contributed by atoms with E-state index in [0.29, 0.717) is 6.54 Å². The fourth-order valence-corrected chi connectivity index (χ4v) is 3.07. The van der Waals surface area contributed by atoms with Gasteiger partial charge in [0.1, 0.15) is 0 Å². The van der Waals surface area contributed by atoms with Gasteiger partial charge in [0.15, 0.2) is 0 Å². The molecule has 104 valence electrons. The second-order valence-corrected chi connectivity index (χ2v) is 5.95. The lowest BCUT2D eigenvalue weighted by Crippen LogP contribution is -2.36. The van der Waals surface area contributed by atoms with E-state index < -0.39 is 0 Å². The highest BCUT2D eigenvalue weighted by atomic mass is 16.6. The van der Waals surface area contributed by atoms with Crippen LogP contribution in [-0.2, 0) is 6.42 Å². The van der Waals surface area contributed by atoms with Crippen molar-refractivity contribution in [1.82, 2.24) is 0 Å². The Bertz CT molecular complexity index is 451. The maximum Gasteiger partial charge on any atom is 0.272 e. The molecule has 1 aliphatic carbocycles. The molecule has 0 radical (unpaired) electrons. The number of para-hydroxylation sites is 1. The predicted molar refractivity (Wildman–Crippen MR) is 75.9 cm³/mol. The number of hydrogen-bond acceptors (Lipinski definition) is 3. The van der Waals surface area contributed by atoms with Crippen molar-refractivity contribution in [2.75, 3.05) is 6.54 Å². The van der Waals surface area contributed by atoms with Crippen molar-refractivity contribution in [2.45, 2.75) is 39.0 Å². The third-order valence-corrected chi connectivity index (χ3v) is 4.52. The Morgan fingerprint density at radius 3 is 2.58 bits per heavy atom. The molecule has 0 aliphatic heterocycles. The van der Waals surface area contributed by atoms with Crippen LogP contribution in [0, 0.1) is 21.4 Å². The first-order valence-electron chi connectivity index (χ1n) is 6.99. The average Bonchev–Trinajstić information content (AvgIpc) is 2.42. The average molecular weight is 262 g/mol. The summed E-state index contributed by atoms with van der Waals surface area (Å²) in [6.07, 6.45) is 5.25. The van der Waals surface area contributed by atoms with Crippen LogP contribution in [0.2, 0.25) is 0 Å². The van der Waals surface area contributed by atoms with Crippen LogP contribution in [-0.4, -0.2) is 11.5 Å². The molecule has 1 aromatic rings. The molecule has 0 aromatic heterocycles. The molecule has 4 nitrogen and oxygen atoms in total. The largest absolute Gasteiger partial charge is 0.330 e. The molecule has 1 aliphatic rings. The molecule has 2 rings (SSSR count). The van der Waals surface area contributed by atoms with Crippen LogP contribution in [0.15, 0.2) is 24.3 Å². The van der Waals surface area contributed by atoms with Crippen LogP contribution in [0.3, 0.4) is 0 Å². The molecule has 1 fully saturated rings. The Kier molecular flexibility index (Phi) is 4.20. The summed E-state index contributed by atoms with van der Waals surface area (Å²) in [7, 11) is 0. The lowest BCUT2D eigenvalue weighted by molar-refractivity contribution is -0.385. The number of benzene rings is 1. The SMILES string of the molecule is CC1CCC(CN)(Cc2ccccc2[N+](=O)[O-])CC1. The molecular formula is C15H22N2O2. The van der Waals surface area contributed by atoms with Gasteiger partial charge in [-0.15, -0.1) is 0 Å². The van der Waals surface area contributed by atoms with Gasteiger partial charge in [0.25, 0.3) is 5.69 Å². The van der Waals surface area contributed by atoms with E-state index in [1.165, 1.54) is 12.8 Å². The maximum atomic E-state index is 11.1. The zero-order valence-electron chi connectivity index (χ0n) is 11.5. The molecule has 0 saturated heterocycles. The Balaban J connectivity index is 2.21. The lowest BCUT2D eigenvalue weighted by Gasteiger charge is -2.38. The molecule has 0 spiro atoms. The first-order valence-corrected chi connectivity index (χ1v) is 6.99. The van der Waals surface area contributed by atoms with E-state index in [4.69, 9.17) is 5.73 Å². The minimum absolute atomic E-state index is 0.0542. The smallest absolute Gasteiger partial charge is 0.272 e. The summed E-state index contributed by atoms with van der Waals surface area (Å²) >= 11 is 0. The fourth-order valence-electron chi connectivity index (χ4n) is 3.07. The van der Waals surface area contributed by atoms with Crippen LogP contribution in [0.25, 0.3) is 0 Å². The zero-order valence-corrected chi connectivity index (χ0v) is 11.5. The fraction of sp³-hybridized carbons (Fsp3) is 0.600. The second-order valence-electron chi connectivity index (χ2n) is 5.95. The molecule has 0 atom stereocenters. The molecular weight excluding hydrogens is 240 g/mol. The van der Waals surface area contributed by atoms with Gasteiger partial charge in [0.05, 0.1) is 4.92 Å². The summed E-state index contributed by atoms with van der Waals surface area (Å²) in [5, 5.41) is 11.1. The van der Waals surface area contributed by atoms with E-state index in [1.807, 2.05) is 12.1 Å². The monoisotopic (exact) mass is 262 g/mol. The molecule has 4 heteroatoms. The standard InChI is InChI=1S/C15H22N2O2/c1-12-6-8-15(11-16,9-7-12)10-13-4-2-3-5-14(13)17(18)19/h2-5,12H,6-11,16H2,1H3. The van der Waals surface area contributed by atoms with Gasteiger partial charge in [-0.2, -0.15) is 0 Å². The van der Waals surface area contributed by atoms with Crippen molar-refractivity contribution >= 4 is 5.69 Å². The molecule has 0 bridgehead atoms. The quantitative estimate of drug-likeness (QED) is 0.668. The van der Waals surface area contributed by atoms with Gasteiger partial charge in [0.2, 0.25) is 0 Å². The highest BCUT2D eigenvalue weighted by Crippen LogP contribution is 2.41. The molecule has 0 heterocycles. The topological polar surface area (TPSA) is 69.2 Å². The second kappa shape index (κ2) is 5.70. The summed E-state index contributed by atoms with van der Waals surface area (Å²) < 4.78 is 0. The van der Waals surface area contributed by atoms with Gasteiger partial charge in [-0.05, 0) is 37.1 Å². The normalized spacial score (nSPS) is 27.2. The number of nitro groups is 1. The van der Waals surface area contributed by atoms with Gasteiger partial charge >= 0.3 is 0 Å². The van der Waals surface area contributed by atoms with E-state index >= 15 is 0 Å². The Morgan fingerprint density at radius 1 is 1.37 bits per heavy atom. The van der Waals surface area contributed by atoms with Crippen LogP contribution < -0.4 is 5.73 Å². The van der Waals surface area contributed by atoms with Crippen LogP contribution >= 0.6 is 0 Å².